The van der Waals surface area contributed by atoms with Gasteiger partial charge in [-0.15, -0.1) is 0 Å². The Labute approximate surface area is 171 Å². The number of nitrogens with zero attached hydrogens (tertiary/aromatic N) is 3. The first-order valence-corrected chi connectivity index (χ1v) is 9.19. The fourth-order valence-corrected chi connectivity index (χ4v) is 3.41. The van der Waals surface area contributed by atoms with Crippen LogP contribution in [0.3, 0.4) is 0 Å². The molecule has 0 fully saturated rings. The highest BCUT2D eigenvalue weighted by Gasteiger charge is 2.20. The summed E-state index contributed by atoms with van der Waals surface area (Å²) in [6, 6.07) is 11.3. The minimum atomic E-state index is -0.567. The van der Waals surface area contributed by atoms with Crippen molar-refractivity contribution in [2.75, 3.05) is 12.4 Å². The molecule has 0 aliphatic rings. The molecule has 7 nitrogen and oxygen atoms in total. The Hall–Kier alpha value is -3.94. The van der Waals surface area contributed by atoms with Gasteiger partial charge in [-0.05, 0) is 30.3 Å². The monoisotopic (exact) mass is 406 g/mol. The number of ether oxygens (including phenoxy) is 1. The average molecular weight is 406 g/mol. The van der Waals surface area contributed by atoms with Gasteiger partial charge >= 0.3 is 0 Å². The molecule has 1 amide bonds. The topological polar surface area (TPSA) is 77.6 Å². The van der Waals surface area contributed by atoms with Crippen LogP contribution < -0.4 is 10.1 Å². The maximum absolute atomic E-state index is 15.1. The molecule has 3 heterocycles. The Morgan fingerprint density at radius 2 is 1.97 bits per heavy atom. The molecule has 4 rings (SSSR count). The number of carbonyl (C=O) groups excluding carboxylic acids is 2. The van der Waals surface area contributed by atoms with Crippen LogP contribution in [0.25, 0.3) is 16.8 Å². The number of amides is 1. The zero-order valence-corrected chi connectivity index (χ0v) is 16.6. The first kappa shape index (κ1) is 19.4. The standard InChI is InChI=1S/C22H19FN4O3/c1-13(28)19-12-16(20-11-14(30-3)8-10-27(19)20)22(29)25-17-6-4-5-15(21(17)23)18-7-9-24-26(18)2/h4-12H,1-3H3,(H,25,29). The van der Waals surface area contributed by atoms with Gasteiger partial charge in [0.1, 0.15) is 5.75 Å². The van der Waals surface area contributed by atoms with Crippen LogP contribution in [0, 0.1) is 5.82 Å². The minimum absolute atomic E-state index is 0.0327. The van der Waals surface area contributed by atoms with E-state index in [1.54, 1.807) is 58.9 Å². The summed E-state index contributed by atoms with van der Waals surface area (Å²) in [4.78, 5) is 25.0. The fourth-order valence-electron chi connectivity index (χ4n) is 3.41. The van der Waals surface area contributed by atoms with E-state index in [9.17, 15) is 9.59 Å². The highest BCUT2D eigenvalue weighted by atomic mass is 19.1. The van der Waals surface area contributed by atoms with Crippen molar-refractivity contribution in [1.29, 1.82) is 0 Å². The lowest BCUT2D eigenvalue weighted by Crippen LogP contribution is -2.13. The highest BCUT2D eigenvalue weighted by molar-refractivity contribution is 6.11. The van der Waals surface area contributed by atoms with Gasteiger partial charge in [-0.3, -0.25) is 14.3 Å². The maximum atomic E-state index is 15.1. The number of aryl methyl sites for hydroxylation is 1. The van der Waals surface area contributed by atoms with Gasteiger partial charge in [0.2, 0.25) is 0 Å². The number of Topliss-reactive ketones (excluding diaryl/α,β-unsaturated/α-hetero) is 1. The molecule has 0 atom stereocenters. The molecule has 0 saturated heterocycles. The maximum Gasteiger partial charge on any atom is 0.257 e. The second-order valence-corrected chi connectivity index (χ2v) is 6.78. The number of aromatic nitrogens is 3. The smallest absolute Gasteiger partial charge is 0.257 e. The third-order valence-corrected chi connectivity index (χ3v) is 4.93. The van der Waals surface area contributed by atoms with E-state index in [0.29, 0.717) is 28.2 Å². The van der Waals surface area contributed by atoms with Crippen LogP contribution in [0.1, 0.15) is 27.8 Å². The predicted molar refractivity (Wildman–Crippen MR) is 111 cm³/mol. The van der Waals surface area contributed by atoms with Gasteiger partial charge in [0.25, 0.3) is 5.91 Å². The third kappa shape index (κ3) is 3.22. The fraction of sp³-hybridized carbons (Fsp3) is 0.136. The summed E-state index contributed by atoms with van der Waals surface area (Å²) < 4.78 is 23.5. The molecule has 4 aromatic rings. The van der Waals surface area contributed by atoms with E-state index in [1.165, 1.54) is 26.2 Å². The number of carbonyl (C=O) groups is 2. The minimum Gasteiger partial charge on any atom is -0.497 e. The molecule has 0 saturated carbocycles. The average Bonchev–Trinajstić information content (AvgIpc) is 3.32. The number of benzene rings is 1. The van der Waals surface area contributed by atoms with Crippen LogP contribution in [0.2, 0.25) is 0 Å². The van der Waals surface area contributed by atoms with Crippen molar-refractivity contribution in [3.05, 3.63) is 71.9 Å². The quantitative estimate of drug-likeness (QED) is 0.509. The Bertz CT molecular complexity index is 1290. The van der Waals surface area contributed by atoms with Crippen molar-refractivity contribution in [2.45, 2.75) is 6.92 Å². The van der Waals surface area contributed by atoms with Crippen molar-refractivity contribution < 1.29 is 18.7 Å². The lowest BCUT2D eigenvalue weighted by molar-refractivity contribution is 0.101. The second-order valence-electron chi connectivity index (χ2n) is 6.78. The number of fused-ring (bicyclic) bond motifs is 1. The number of nitrogens with one attached hydrogen (secondary N) is 1. The van der Waals surface area contributed by atoms with Crippen molar-refractivity contribution in [2.24, 2.45) is 7.05 Å². The first-order chi connectivity index (χ1) is 14.4. The summed E-state index contributed by atoms with van der Waals surface area (Å²) in [5.41, 5.74) is 2.01. The van der Waals surface area contributed by atoms with Crippen LogP contribution >= 0.6 is 0 Å². The van der Waals surface area contributed by atoms with Gasteiger partial charge in [-0.1, -0.05) is 6.07 Å². The molecule has 0 bridgehead atoms. The molecule has 0 unspecified atom stereocenters. The molecule has 3 aromatic heterocycles. The van der Waals surface area contributed by atoms with Gasteiger partial charge in [0, 0.05) is 38.0 Å². The van der Waals surface area contributed by atoms with E-state index in [-0.39, 0.29) is 17.0 Å². The zero-order valence-electron chi connectivity index (χ0n) is 16.6. The molecular formula is C22H19FN4O3. The number of rotatable bonds is 5. The van der Waals surface area contributed by atoms with E-state index in [2.05, 4.69) is 10.4 Å². The molecule has 1 N–H and O–H groups in total. The van der Waals surface area contributed by atoms with Gasteiger partial charge in [0.05, 0.1) is 35.3 Å². The Balaban J connectivity index is 1.76. The van der Waals surface area contributed by atoms with E-state index in [0.717, 1.165) is 0 Å². The summed E-state index contributed by atoms with van der Waals surface area (Å²) >= 11 is 0. The molecule has 8 heteroatoms. The molecule has 0 spiro atoms. The number of anilines is 1. The van der Waals surface area contributed by atoms with E-state index >= 15 is 4.39 Å². The zero-order chi connectivity index (χ0) is 21.4. The van der Waals surface area contributed by atoms with E-state index < -0.39 is 11.7 Å². The molecule has 152 valence electrons. The first-order valence-electron chi connectivity index (χ1n) is 9.19. The van der Waals surface area contributed by atoms with E-state index in [4.69, 9.17) is 4.74 Å². The van der Waals surface area contributed by atoms with Crippen LogP contribution in [-0.2, 0) is 7.05 Å². The Morgan fingerprint density at radius 1 is 1.17 bits per heavy atom. The number of halogens is 1. The molecule has 0 aliphatic carbocycles. The normalized spacial score (nSPS) is 10.9. The van der Waals surface area contributed by atoms with Gasteiger partial charge in [-0.2, -0.15) is 5.10 Å². The number of hydrogen-bond acceptors (Lipinski definition) is 4. The predicted octanol–water partition coefficient (Wildman–Crippen LogP) is 3.94. The number of ketones is 1. The van der Waals surface area contributed by atoms with Crippen LogP contribution in [0.4, 0.5) is 10.1 Å². The third-order valence-electron chi connectivity index (χ3n) is 4.93. The van der Waals surface area contributed by atoms with E-state index in [1.807, 2.05) is 0 Å². The van der Waals surface area contributed by atoms with Crippen LogP contribution in [0.5, 0.6) is 5.75 Å². The molecule has 0 radical (unpaired) electrons. The van der Waals surface area contributed by atoms with Crippen LogP contribution in [0.15, 0.2) is 54.9 Å². The largest absolute Gasteiger partial charge is 0.497 e. The van der Waals surface area contributed by atoms with Crippen LogP contribution in [-0.4, -0.2) is 33.0 Å². The molecule has 30 heavy (non-hydrogen) atoms. The number of hydrogen-bond donors (Lipinski definition) is 1. The van der Waals surface area contributed by atoms with Crippen molar-refractivity contribution in [3.63, 3.8) is 0 Å². The summed E-state index contributed by atoms with van der Waals surface area (Å²) in [7, 11) is 3.23. The Morgan fingerprint density at radius 3 is 2.63 bits per heavy atom. The van der Waals surface area contributed by atoms with Gasteiger partial charge in [0.15, 0.2) is 11.6 Å². The summed E-state index contributed by atoms with van der Waals surface area (Å²) in [6.07, 6.45) is 3.23. The summed E-state index contributed by atoms with van der Waals surface area (Å²) in [5, 5.41) is 6.68. The molecule has 0 aliphatic heterocycles. The molecular weight excluding hydrogens is 387 g/mol. The Kier molecular flexibility index (Phi) is 4.83. The SMILES string of the molecule is COc1ccn2c(C(C)=O)cc(C(=O)Nc3cccc(-c4ccnn4C)c3F)c2c1. The highest BCUT2D eigenvalue weighted by Crippen LogP contribution is 2.29. The van der Waals surface area contributed by atoms with Crippen molar-refractivity contribution in [3.8, 4) is 17.0 Å². The number of pyridine rings is 1. The van der Waals surface area contributed by atoms with Gasteiger partial charge in [-0.25, -0.2) is 4.39 Å². The lowest BCUT2D eigenvalue weighted by atomic mass is 10.1. The summed E-state index contributed by atoms with van der Waals surface area (Å²) in [6.45, 7) is 1.42. The number of methoxy groups -OCH3 is 1. The summed E-state index contributed by atoms with van der Waals surface area (Å²) in [5.74, 6) is -0.760. The van der Waals surface area contributed by atoms with Crippen molar-refractivity contribution in [1.82, 2.24) is 14.2 Å². The molecule has 1 aromatic carbocycles. The lowest BCUT2D eigenvalue weighted by Gasteiger charge is -2.10. The van der Waals surface area contributed by atoms with Crippen molar-refractivity contribution >= 4 is 22.9 Å². The van der Waals surface area contributed by atoms with Gasteiger partial charge < -0.3 is 14.5 Å². The second kappa shape index (κ2) is 7.47.